The summed E-state index contributed by atoms with van der Waals surface area (Å²) in [5.74, 6) is -0.736. The lowest BCUT2D eigenvalue weighted by Gasteiger charge is -2.07. The summed E-state index contributed by atoms with van der Waals surface area (Å²) in [6.45, 7) is 3.82. The standard InChI is InChI=1S/C18H19N5O3/c1-11-15(18(25)26-3)12(2)22-16(11)17(24)20-8-13-4-6-14(7-5-13)23-10-19-9-21-23/h4-7,9-10,22H,8H2,1-3H3,(H,20,24). The summed E-state index contributed by atoms with van der Waals surface area (Å²) >= 11 is 0. The van der Waals surface area contributed by atoms with Gasteiger partial charge in [-0.15, -0.1) is 0 Å². The van der Waals surface area contributed by atoms with Crippen LogP contribution in [0.3, 0.4) is 0 Å². The second-order valence-corrected chi connectivity index (χ2v) is 5.81. The molecule has 134 valence electrons. The summed E-state index contributed by atoms with van der Waals surface area (Å²) in [5.41, 5.74) is 3.77. The first-order valence-corrected chi connectivity index (χ1v) is 8.01. The van der Waals surface area contributed by atoms with E-state index in [0.29, 0.717) is 29.1 Å². The molecular weight excluding hydrogens is 334 g/mol. The highest BCUT2D eigenvalue weighted by Crippen LogP contribution is 2.19. The van der Waals surface area contributed by atoms with Gasteiger partial charge in [-0.1, -0.05) is 12.1 Å². The molecule has 1 aromatic carbocycles. The second-order valence-electron chi connectivity index (χ2n) is 5.81. The van der Waals surface area contributed by atoms with Crippen molar-refractivity contribution in [2.45, 2.75) is 20.4 Å². The van der Waals surface area contributed by atoms with Crippen LogP contribution in [0.2, 0.25) is 0 Å². The van der Waals surface area contributed by atoms with Crippen LogP contribution in [0.25, 0.3) is 5.69 Å². The fourth-order valence-electron chi connectivity index (χ4n) is 2.76. The minimum absolute atomic E-state index is 0.277. The molecule has 0 saturated carbocycles. The zero-order chi connectivity index (χ0) is 18.7. The van der Waals surface area contributed by atoms with E-state index in [1.54, 1.807) is 24.9 Å². The number of hydrogen-bond acceptors (Lipinski definition) is 5. The normalized spacial score (nSPS) is 10.6. The Morgan fingerprint density at radius 2 is 1.96 bits per heavy atom. The number of carbonyl (C=O) groups excluding carboxylic acids is 2. The summed E-state index contributed by atoms with van der Waals surface area (Å²) in [5, 5.41) is 6.92. The van der Waals surface area contributed by atoms with E-state index in [-0.39, 0.29) is 5.91 Å². The van der Waals surface area contributed by atoms with E-state index >= 15 is 0 Å². The summed E-state index contributed by atoms with van der Waals surface area (Å²) in [6, 6.07) is 7.61. The van der Waals surface area contributed by atoms with Crippen LogP contribution in [0.4, 0.5) is 0 Å². The second kappa shape index (κ2) is 7.22. The number of benzene rings is 1. The van der Waals surface area contributed by atoms with Gasteiger partial charge in [0.2, 0.25) is 0 Å². The Labute approximate surface area is 150 Å². The summed E-state index contributed by atoms with van der Waals surface area (Å²) < 4.78 is 6.41. The molecule has 0 fully saturated rings. The van der Waals surface area contributed by atoms with Gasteiger partial charge >= 0.3 is 5.97 Å². The van der Waals surface area contributed by atoms with Crippen molar-refractivity contribution in [3.63, 3.8) is 0 Å². The van der Waals surface area contributed by atoms with Crippen molar-refractivity contribution in [2.75, 3.05) is 7.11 Å². The number of amides is 1. The Kier molecular flexibility index (Phi) is 4.83. The van der Waals surface area contributed by atoms with Crippen molar-refractivity contribution < 1.29 is 14.3 Å². The SMILES string of the molecule is COC(=O)c1c(C)[nH]c(C(=O)NCc2ccc(-n3cncn3)cc2)c1C. The van der Waals surface area contributed by atoms with Gasteiger partial charge in [0.1, 0.15) is 18.3 Å². The third-order valence-corrected chi connectivity index (χ3v) is 4.13. The van der Waals surface area contributed by atoms with E-state index in [1.165, 1.54) is 13.4 Å². The maximum absolute atomic E-state index is 12.5. The molecule has 0 spiro atoms. The van der Waals surface area contributed by atoms with Crippen LogP contribution >= 0.6 is 0 Å². The molecule has 2 heterocycles. The van der Waals surface area contributed by atoms with Gasteiger partial charge in [-0.2, -0.15) is 5.10 Å². The third-order valence-electron chi connectivity index (χ3n) is 4.13. The van der Waals surface area contributed by atoms with Crippen LogP contribution in [0.15, 0.2) is 36.9 Å². The fourth-order valence-corrected chi connectivity index (χ4v) is 2.76. The number of ether oxygens (including phenoxy) is 1. The number of rotatable bonds is 5. The lowest BCUT2D eigenvalue weighted by atomic mass is 10.1. The predicted molar refractivity (Wildman–Crippen MR) is 94.1 cm³/mol. The Hall–Kier alpha value is -3.42. The van der Waals surface area contributed by atoms with Gasteiger partial charge in [0.25, 0.3) is 5.91 Å². The first-order valence-electron chi connectivity index (χ1n) is 8.01. The Balaban J connectivity index is 1.68. The van der Waals surface area contributed by atoms with Gasteiger partial charge in [-0.3, -0.25) is 4.79 Å². The fraction of sp³-hybridized carbons (Fsp3) is 0.222. The molecule has 3 rings (SSSR count). The van der Waals surface area contributed by atoms with Gasteiger partial charge in [0.05, 0.1) is 18.4 Å². The van der Waals surface area contributed by atoms with Crippen LogP contribution in [-0.4, -0.2) is 38.7 Å². The zero-order valence-corrected chi connectivity index (χ0v) is 14.7. The van der Waals surface area contributed by atoms with Crippen molar-refractivity contribution in [1.82, 2.24) is 25.1 Å². The Morgan fingerprint density at radius 1 is 1.23 bits per heavy atom. The molecule has 0 bridgehead atoms. The molecule has 0 aliphatic heterocycles. The van der Waals surface area contributed by atoms with Gasteiger partial charge in [-0.25, -0.2) is 14.5 Å². The number of nitrogens with one attached hydrogen (secondary N) is 2. The van der Waals surface area contributed by atoms with Crippen LogP contribution in [0, 0.1) is 13.8 Å². The number of methoxy groups -OCH3 is 1. The summed E-state index contributed by atoms with van der Waals surface area (Å²) in [4.78, 5) is 31.1. The number of nitrogens with zero attached hydrogens (tertiary/aromatic N) is 3. The van der Waals surface area contributed by atoms with E-state index in [1.807, 2.05) is 24.3 Å². The first-order chi connectivity index (χ1) is 12.5. The van der Waals surface area contributed by atoms with Crippen molar-refractivity contribution in [2.24, 2.45) is 0 Å². The van der Waals surface area contributed by atoms with Crippen LogP contribution in [0.5, 0.6) is 0 Å². The maximum atomic E-state index is 12.5. The van der Waals surface area contributed by atoms with Crippen LogP contribution in [0.1, 0.15) is 37.7 Å². The number of H-pyrrole nitrogens is 1. The molecule has 2 aromatic heterocycles. The molecule has 0 aliphatic carbocycles. The largest absolute Gasteiger partial charge is 0.465 e. The van der Waals surface area contributed by atoms with Crippen molar-refractivity contribution >= 4 is 11.9 Å². The Morgan fingerprint density at radius 3 is 2.58 bits per heavy atom. The smallest absolute Gasteiger partial charge is 0.339 e. The quantitative estimate of drug-likeness (QED) is 0.683. The number of carbonyl (C=O) groups is 2. The van der Waals surface area contributed by atoms with Gasteiger partial charge in [-0.05, 0) is 37.1 Å². The number of aryl methyl sites for hydroxylation is 1. The van der Waals surface area contributed by atoms with Crippen molar-refractivity contribution in [3.05, 3.63) is 65.0 Å². The highest BCUT2D eigenvalue weighted by atomic mass is 16.5. The van der Waals surface area contributed by atoms with E-state index in [4.69, 9.17) is 4.74 Å². The van der Waals surface area contributed by atoms with E-state index in [9.17, 15) is 9.59 Å². The lowest BCUT2D eigenvalue weighted by molar-refractivity contribution is 0.0599. The molecular formula is C18H19N5O3. The van der Waals surface area contributed by atoms with E-state index in [0.717, 1.165) is 11.3 Å². The van der Waals surface area contributed by atoms with Crippen molar-refractivity contribution in [1.29, 1.82) is 0 Å². The maximum Gasteiger partial charge on any atom is 0.339 e. The first kappa shape index (κ1) is 17.4. The molecule has 3 aromatic rings. The number of esters is 1. The minimum Gasteiger partial charge on any atom is -0.465 e. The number of hydrogen-bond donors (Lipinski definition) is 2. The highest BCUT2D eigenvalue weighted by molar-refractivity contribution is 6.00. The van der Waals surface area contributed by atoms with E-state index < -0.39 is 5.97 Å². The topological polar surface area (TPSA) is 102 Å². The monoisotopic (exact) mass is 353 g/mol. The zero-order valence-electron chi connectivity index (χ0n) is 14.7. The third kappa shape index (κ3) is 3.34. The number of aromatic nitrogens is 4. The highest BCUT2D eigenvalue weighted by Gasteiger charge is 2.22. The minimum atomic E-state index is -0.459. The molecule has 0 unspecified atom stereocenters. The Bertz CT molecular complexity index is 927. The van der Waals surface area contributed by atoms with Crippen LogP contribution in [-0.2, 0) is 11.3 Å². The molecule has 2 N–H and O–H groups in total. The lowest BCUT2D eigenvalue weighted by Crippen LogP contribution is -2.24. The summed E-state index contributed by atoms with van der Waals surface area (Å²) in [6.07, 6.45) is 3.09. The average molecular weight is 353 g/mol. The average Bonchev–Trinajstić information content (AvgIpc) is 3.28. The molecule has 0 radical (unpaired) electrons. The molecule has 8 nitrogen and oxygen atoms in total. The number of aromatic amines is 1. The molecule has 8 heteroatoms. The molecule has 26 heavy (non-hydrogen) atoms. The van der Waals surface area contributed by atoms with Crippen LogP contribution < -0.4 is 5.32 Å². The van der Waals surface area contributed by atoms with Gasteiger partial charge in [0.15, 0.2) is 0 Å². The summed E-state index contributed by atoms with van der Waals surface area (Å²) in [7, 11) is 1.32. The van der Waals surface area contributed by atoms with E-state index in [2.05, 4.69) is 20.4 Å². The predicted octanol–water partition coefficient (Wildman–Crippen LogP) is 1.93. The molecule has 0 aliphatic rings. The molecule has 0 saturated heterocycles. The molecule has 0 atom stereocenters. The van der Waals surface area contributed by atoms with Gasteiger partial charge < -0.3 is 15.0 Å². The molecule has 1 amide bonds. The van der Waals surface area contributed by atoms with Gasteiger partial charge in [0, 0.05) is 12.2 Å². The van der Waals surface area contributed by atoms with Crippen molar-refractivity contribution in [3.8, 4) is 5.69 Å².